The van der Waals surface area contributed by atoms with Gasteiger partial charge in [0.05, 0.1) is 5.69 Å². The molecule has 0 fully saturated rings. The highest BCUT2D eigenvalue weighted by molar-refractivity contribution is 5.92. The van der Waals surface area contributed by atoms with Crippen LogP contribution in [-0.4, -0.2) is 14.8 Å². The summed E-state index contributed by atoms with van der Waals surface area (Å²) in [6.07, 6.45) is 0. The molecular formula is C27H23FN4O. The highest BCUT2D eigenvalue weighted by Gasteiger charge is 2.17. The van der Waals surface area contributed by atoms with Crippen LogP contribution in [0.2, 0.25) is 0 Å². The molecule has 33 heavy (non-hydrogen) atoms. The molecule has 0 bridgehead atoms. The van der Waals surface area contributed by atoms with Gasteiger partial charge in [0.15, 0.2) is 0 Å². The first-order valence-corrected chi connectivity index (χ1v) is 10.8. The zero-order valence-corrected chi connectivity index (χ0v) is 18.4. The van der Waals surface area contributed by atoms with Crippen LogP contribution in [0.1, 0.15) is 16.7 Å². The van der Waals surface area contributed by atoms with Crippen LogP contribution in [0.15, 0.2) is 83.7 Å². The maximum Gasteiger partial charge on any atom is 0.254 e. The van der Waals surface area contributed by atoms with Gasteiger partial charge in [0.2, 0.25) is 0 Å². The quantitative estimate of drug-likeness (QED) is 0.367. The number of nitrogens with zero attached hydrogens (tertiary/aromatic N) is 2. The van der Waals surface area contributed by atoms with Gasteiger partial charge in [-0.1, -0.05) is 24.3 Å². The van der Waals surface area contributed by atoms with E-state index in [1.54, 1.807) is 16.8 Å². The average Bonchev–Trinajstić information content (AvgIpc) is 3.19. The fourth-order valence-corrected chi connectivity index (χ4v) is 3.87. The van der Waals surface area contributed by atoms with Crippen molar-refractivity contribution in [2.24, 2.45) is 0 Å². The second-order valence-corrected chi connectivity index (χ2v) is 8.14. The number of aryl methyl sites for hydroxylation is 2. The first-order chi connectivity index (χ1) is 16.0. The predicted octanol–water partition coefficient (Wildman–Crippen LogP) is 5.75. The van der Waals surface area contributed by atoms with Crippen LogP contribution in [0.5, 0.6) is 0 Å². The maximum absolute atomic E-state index is 13.5. The summed E-state index contributed by atoms with van der Waals surface area (Å²) in [6.45, 7) is 4.50. The van der Waals surface area contributed by atoms with Crippen LogP contribution in [-0.2, 0) is 6.54 Å². The number of H-pyrrole nitrogens is 1. The Balaban J connectivity index is 1.61. The predicted molar refractivity (Wildman–Crippen MR) is 130 cm³/mol. The molecule has 0 aliphatic heterocycles. The standard InChI is InChI=1S/C27H23FN4O/c1-17-8-13-22(14-18(17)2)29-16-20-15-24-25(19-9-11-21(28)12-10-19)31-32(26(24)30-27(20)33)23-6-4-3-5-7-23/h3-15,29H,16H2,1-2H3,(H,30,33). The maximum atomic E-state index is 13.5. The van der Waals surface area contributed by atoms with Gasteiger partial charge in [-0.15, -0.1) is 0 Å². The van der Waals surface area contributed by atoms with Gasteiger partial charge in [0.25, 0.3) is 5.56 Å². The zero-order chi connectivity index (χ0) is 22.9. The van der Waals surface area contributed by atoms with Crippen molar-refractivity contribution < 1.29 is 4.39 Å². The Bertz CT molecular complexity index is 1500. The van der Waals surface area contributed by atoms with Gasteiger partial charge in [-0.2, -0.15) is 5.10 Å². The first-order valence-electron chi connectivity index (χ1n) is 10.8. The molecule has 164 valence electrons. The molecule has 0 saturated heterocycles. The van der Waals surface area contributed by atoms with E-state index in [9.17, 15) is 9.18 Å². The molecule has 0 radical (unpaired) electrons. The summed E-state index contributed by atoms with van der Waals surface area (Å²) in [5, 5.41) is 8.92. The third-order valence-electron chi connectivity index (χ3n) is 5.87. The number of benzene rings is 3. The van der Waals surface area contributed by atoms with Crippen LogP contribution < -0.4 is 10.9 Å². The van der Waals surface area contributed by atoms with Crippen molar-refractivity contribution in [3.63, 3.8) is 0 Å². The molecule has 5 nitrogen and oxygen atoms in total. The van der Waals surface area contributed by atoms with E-state index in [4.69, 9.17) is 5.10 Å². The van der Waals surface area contributed by atoms with Crippen LogP contribution in [0.4, 0.5) is 10.1 Å². The Morgan fingerprint density at radius 1 is 0.939 bits per heavy atom. The molecule has 0 saturated carbocycles. The van der Waals surface area contributed by atoms with Crippen molar-refractivity contribution >= 4 is 16.7 Å². The molecule has 6 heteroatoms. The lowest BCUT2D eigenvalue weighted by atomic mass is 10.1. The molecule has 5 rings (SSSR count). The minimum absolute atomic E-state index is 0.179. The van der Waals surface area contributed by atoms with E-state index in [-0.39, 0.29) is 11.4 Å². The Morgan fingerprint density at radius 3 is 2.42 bits per heavy atom. The van der Waals surface area contributed by atoms with E-state index >= 15 is 0 Å². The van der Waals surface area contributed by atoms with Crippen molar-refractivity contribution in [1.82, 2.24) is 14.8 Å². The number of hydrogen-bond donors (Lipinski definition) is 2. The van der Waals surface area contributed by atoms with Crippen molar-refractivity contribution in [1.29, 1.82) is 0 Å². The summed E-state index contributed by atoms with van der Waals surface area (Å²) in [5.41, 5.74) is 6.65. The second-order valence-electron chi connectivity index (χ2n) is 8.14. The third-order valence-corrected chi connectivity index (χ3v) is 5.87. The summed E-state index contributed by atoms with van der Waals surface area (Å²) in [6, 6.07) is 23.8. The van der Waals surface area contributed by atoms with Gasteiger partial charge in [0.1, 0.15) is 17.2 Å². The van der Waals surface area contributed by atoms with E-state index in [2.05, 4.69) is 36.3 Å². The van der Waals surface area contributed by atoms with Crippen LogP contribution in [0, 0.1) is 19.7 Å². The number of fused-ring (bicyclic) bond motifs is 1. The number of para-hydroxylation sites is 1. The Morgan fingerprint density at radius 2 is 1.70 bits per heavy atom. The summed E-state index contributed by atoms with van der Waals surface area (Å²) < 4.78 is 15.3. The zero-order valence-electron chi connectivity index (χ0n) is 18.4. The lowest BCUT2D eigenvalue weighted by Crippen LogP contribution is -2.16. The Labute approximate surface area is 190 Å². The van der Waals surface area contributed by atoms with Crippen LogP contribution in [0.25, 0.3) is 28.0 Å². The molecule has 0 unspecified atom stereocenters. The fourth-order valence-electron chi connectivity index (χ4n) is 3.87. The highest BCUT2D eigenvalue weighted by Crippen LogP contribution is 2.29. The number of aromatic nitrogens is 3. The lowest BCUT2D eigenvalue weighted by molar-refractivity contribution is 0.628. The van der Waals surface area contributed by atoms with Gasteiger partial charge in [-0.25, -0.2) is 9.07 Å². The molecule has 0 spiro atoms. The van der Waals surface area contributed by atoms with Crippen molar-refractivity contribution in [2.75, 3.05) is 5.32 Å². The largest absolute Gasteiger partial charge is 0.381 e. The normalized spacial score (nSPS) is 11.1. The number of anilines is 1. The van der Waals surface area contributed by atoms with E-state index in [1.807, 2.05) is 42.5 Å². The number of rotatable bonds is 5. The summed E-state index contributed by atoms with van der Waals surface area (Å²) in [4.78, 5) is 16.0. The molecule has 0 aliphatic carbocycles. The van der Waals surface area contributed by atoms with E-state index in [0.29, 0.717) is 23.4 Å². The molecule has 3 aromatic carbocycles. The third kappa shape index (κ3) is 4.03. The van der Waals surface area contributed by atoms with Gasteiger partial charge in [-0.3, -0.25) is 4.79 Å². The molecule has 5 aromatic rings. The highest BCUT2D eigenvalue weighted by atomic mass is 19.1. The first kappa shape index (κ1) is 20.7. The van der Waals surface area contributed by atoms with Crippen LogP contribution >= 0.6 is 0 Å². The minimum atomic E-state index is -0.308. The van der Waals surface area contributed by atoms with Crippen molar-refractivity contribution in [3.8, 4) is 16.9 Å². The lowest BCUT2D eigenvalue weighted by Gasteiger charge is -2.09. The minimum Gasteiger partial charge on any atom is -0.381 e. The number of aromatic amines is 1. The Hall–Kier alpha value is -4.19. The smallest absolute Gasteiger partial charge is 0.254 e. The van der Waals surface area contributed by atoms with Crippen LogP contribution in [0.3, 0.4) is 0 Å². The summed E-state index contributed by atoms with van der Waals surface area (Å²) in [5.74, 6) is -0.308. The van der Waals surface area contributed by atoms with Crippen molar-refractivity contribution in [2.45, 2.75) is 20.4 Å². The summed E-state index contributed by atoms with van der Waals surface area (Å²) in [7, 11) is 0. The Kier molecular flexibility index (Phi) is 5.26. The number of halogens is 1. The molecule has 0 aliphatic rings. The number of pyridine rings is 1. The van der Waals surface area contributed by atoms with Gasteiger partial charge < -0.3 is 10.3 Å². The molecule has 2 heterocycles. The molecule has 0 atom stereocenters. The van der Waals surface area contributed by atoms with Gasteiger partial charge in [-0.05, 0) is 79.6 Å². The summed E-state index contributed by atoms with van der Waals surface area (Å²) >= 11 is 0. The van der Waals surface area contributed by atoms with E-state index < -0.39 is 0 Å². The number of nitrogens with one attached hydrogen (secondary N) is 2. The SMILES string of the molecule is Cc1ccc(NCc2cc3c(-c4ccc(F)cc4)nn(-c4ccccc4)c3[nH]c2=O)cc1C. The molecule has 2 aromatic heterocycles. The fraction of sp³-hybridized carbons (Fsp3) is 0.111. The molecule has 2 N–H and O–H groups in total. The molecule has 0 amide bonds. The monoisotopic (exact) mass is 438 g/mol. The average molecular weight is 439 g/mol. The molecular weight excluding hydrogens is 415 g/mol. The number of hydrogen-bond acceptors (Lipinski definition) is 3. The van der Waals surface area contributed by atoms with Gasteiger partial charge in [0, 0.05) is 28.7 Å². The second kappa shape index (κ2) is 8.39. The van der Waals surface area contributed by atoms with Gasteiger partial charge >= 0.3 is 0 Å². The topological polar surface area (TPSA) is 62.7 Å². The van der Waals surface area contributed by atoms with E-state index in [1.165, 1.54) is 23.3 Å². The van der Waals surface area contributed by atoms with E-state index in [0.717, 1.165) is 22.3 Å². The van der Waals surface area contributed by atoms with Crippen molar-refractivity contribution in [3.05, 3.63) is 112 Å².